The smallest absolute Gasteiger partial charge is 0.289 e. The fourth-order valence-electron chi connectivity index (χ4n) is 2.43. The van der Waals surface area contributed by atoms with Crippen LogP contribution in [0.3, 0.4) is 0 Å². The number of carbonyl (C=O) groups is 1. The third-order valence-electron chi connectivity index (χ3n) is 3.89. The average molecular weight is 382 g/mol. The number of hydrogen-bond acceptors (Lipinski definition) is 5. The van der Waals surface area contributed by atoms with Crippen LogP contribution in [-0.4, -0.2) is 28.9 Å². The standard InChI is InChI=1S/C20H22N4O2S/c1-2-3-4-11-26-16-9-7-15(8-10-16)18-13-19(23-22-18)20(25)24-21-14-17-6-5-12-27-17/h5-10,12-14H,2-4,11H2,1H3,(H,22,23)(H,24,25)/b21-14+. The molecule has 3 aromatic rings. The first-order valence-corrected chi connectivity index (χ1v) is 9.80. The number of amides is 1. The SMILES string of the molecule is CCCCCOc1ccc(-c2cc(C(=O)N/N=C/c3cccs3)[nH]n2)cc1. The number of hydrogen-bond donors (Lipinski definition) is 2. The molecule has 7 heteroatoms. The fraction of sp³-hybridized carbons (Fsp3) is 0.250. The minimum Gasteiger partial charge on any atom is -0.494 e. The summed E-state index contributed by atoms with van der Waals surface area (Å²) in [6.07, 6.45) is 5.02. The molecule has 1 amide bonds. The van der Waals surface area contributed by atoms with E-state index in [4.69, 9.17) is 4.74 Å². The number of unbranched alkanes of at least 4 members (excludes halogenated alkanes) is 2. The molecule has 6 nitrogen and oxygen atoms in total. The van der Waals surface area contributed by atoms with Gasteiger partial charge in [-0.3, -0.25) is 9.89 Å². The summed E-state index contributed by atoms with van der Waals surface area (Å²) >= 11 is 1.55. The highest BCUT2D eigenvalue weighted by Crippen LogP contribution is 2.21. The van der Waals surface area contributed by atoms with Crippen LogP contribution < -0.4 is 10.2 Å². The van der Waals surface area contributed by atoms with Crippen molar-refractivity contribution in [2.45, 2.75) is 26.2 Å². The molecule has 3 rings (SSSR count). The second kappa shape index (κ2) is 9.68. The molecule has 0 radical (unpaired) electrons. The Morgan fingerprint density at radius 3 is 2.89 bits per heavy atom. The summed E-state index contributed by atoms with van der Waals surface area (Å²) in [5, 5.41) is 12.8. The van der Waals surface area contributed by atoms with Crippen LogP contribution in [0.25, 0.3) is 11.3 Å². The maximum Gasteiger partial charge on any atom is 0.289 e. The molecule has 2 N–H and O–H groups in total. The summed E-state index contributed by atoms with van der Waals surface area (Å²) in [5.74, 6) is 0.503. The number of aromatic amines is 1. The molecule has 0 aliphatic carbocycles. The third kappa shape index (κ3) is 5.52. The van der Waals surface area contributed by atoms with E-state index >= 15 is 0 Å². The number of nitrogens with zero attached hydrogens (tertiary/aromatic N) is 2. The van der Waals surface area contributed by atoms with Crippen molar-refractivity contribution in [1.82, 2.24) is 15.6 Å². The van der Waals surface area contributed by atoms with E-state index in [1.165, 1.54) is 12.8 Å². The van der Waals surface area contributed by atoms with E-state index in [1.54, 1.807) is 23.6 Å². The minimum atomic E-state index is -0.336. The van der Waals surface area contributed by atoms with Gasteiger partial charge in [-0.05, 0) is 48.2 Å². The molecule has 1 aromatic carbocycles. The zero-order chi connectivity index (χ0) is 18.9. The molecule has 0 bridgehead atoms. The number of H-pyrrole nitrogens is 1. The maximum atomic E-state index is 12.1. The first-order valence-electron chi connectivity index (χ1n) is 8.92. The van der Waals surface area contributed by atoms with E-state index in [2.05, 4.69) is 27.6 Å². The topological polar surface area (TPSA) is 79.4 Å². The van der Waals surface area contributed by atoms with Crippen molar-refractivity contribution in [3.05, 3.63) is 58.4 Å². The van der Waals surface area contributed by atoms with Gasteiger partial charge in [-0.2, -0.15) is 10.2 Å². The number of benzene rings is 1. The molecule has 0 spiro atoms. The van der Waals surface area contributed by atoms with Crippen molar-refractivity contribution in [3.63, 3.8) is 0 Å². The predicted octanol–water partition coefficient (Wildman–Crippen LogP) is 4.47. The fourth-order valence-corrected chi connectivity index (χ4v) is 3.01. The van der Waals surface area contributed by atoms with Gasteiger partial charge in [-0.1, -0.05) is 25.8 Å². The summed E-state index contributed by atoms with van der Waals surface area (Å²) in [7, 11) is 0. The van der Waals surface area contributed by atoms with E-state index in [0.29, 0.717) is 11.4 Å². The van der Waals surface area contributed by atoms with Crippen LogP contribution in [-0.2, 0) is 0 Å². The van der Waals surface area contributed by atoms with E-state index in [1.807, 2.05) is 41.8 Å². The second-order valence-corrected chi connectivity index (χ2v) is 6.94. The molecule has 140 valence electrons. The van der Waals surface area contributed by atoms with Gasteiger partial charge in [0.05, 0.1) is 18.5 Å². The number of nitrogens with one attached hydrogen (secondary N) is 2. The van der Waals surface area contributed by atoms with Gasteiger partial charge in [0.25, 0.3) is 5.91 Å². The lowest BCUT2D eigenvalue weighted by atomic mass is 10.1. The highest BCUT2D eigenvalue weighted by Gasteiger charge is 2.10. The first kappa shape index (κ1) is 18.8. The van der Waals surface area contributed by atoms with Gasteiger partial charge >= 0.3 is 0 Å². The van der Waals surface area contributed by atoms with Gasteiger partial charge in [0, 0.05) is 10.4 Å². The third-order valence-corrected chi connectivity index (χ3v) is 4.70. The minimum absolute atomic E-state index is 0.336. The summed E-state index contributed by atoms with van der Waals surface area (Å²) in [5.41, 5.74) is 4.45. The van der Waals surface area contributed by atoms with Crippen LogP contribution in [0.5, 0.6) is 5.75 Å². The van der Waals surface area contributed by atoms with Crippen molar-refractivity contribution < 1.29 is 9.53 Å². The summed E-state index contributed by atoms with van der Waals surface area (Å²) < 4.78 is 5.71. The van der Waals surface area contributed by atoms with Crippen molar-refractivity contribution in [2.24, 2.45) is 5.10 Å². The first-order chi connectivity index (χ1) is 13.3. The molecular formula is C20H22N4O2S. The molecule has 0 atom stereocenters. The van der Waals surface area contributed by atoms with Gasteiger partial charge in [-0.25, -0.2) is 5.43 Å². The summed E-state index contributed by atoms with van der Waals surface area (Å²) in [4.78, 5) is 13.1. The quantitative estimate of drug-likeness (QED) is 0.325. The number of ether oxygens (including phenoxy) is 1. The lowest BCUT2D eigenvalue weighted by molar-refractivity contribution is 0.0950. The lowest BCUT2D eigenvalue weighted by Crippen LogP contribution is -2.17. The molecule has 0 saturated heterocycles. The normalized spacial score (nSPS) is 11.0. The van der Waals surface area contributed by atoms with Gasteiger partial charge in [0.2, 0.25) is 0 Å². The van der Waals surface area contributed by atoms with Crippen LogP contribution in [0.4, 0.5) is 0 Å². The van der Waals surface area contributed by atoms with E-state index < -0.39 is 0 Å². The average Bonchev–Trinajstić information content (AvgIpc) is 3.38. The Kier molecular flexibility index (Phi) is 6.76. The molecule has 27 heavy (non-hydrogen) atoms. The van der Waals surface area contributed by atoms with Crippen LogP contribution in [0, 0.1) is 0 Å². The van der Waals surface area contributed by atoms with Gasteiger partial charge in [0.1, 0.15) is 11.4 Å². The second-order valence-electron chi connectivity index (χ2n) is 5.96. The van der Waals surface area contributed by atoms with Crippen molar-refractivity contribution in [2.75, 3.05) is 6.61 Å². The molecule has 0 fully saturated rings. The Hall–Kier alpha value is -2.93. The zero-order valence-electron chi connectivity index (χ0n) is 15.1. The van der Waals surface area contributed by atoms with Crippen LogP contribution in [0.1, 0.15) is 41.6 Å². The van der Waals surface area contributed by atoms with Gasteiger partial charge in [-0.15, -0.1) is 11.3 Å². The largest absolute Gasteiger partial charge is 0.494 e. The molecule has 0 aliphatic heterocycles. The highest BCUT2D eigenvalue weighted by atomic mass is 32.1. The van der Waals surface area contributed by atoms with Crippen molar-refractivity contribution >= 4 is 23.5 Å². The Balaban J connectivity index is 1.55. The molecule has 2 aromatic heterocycles. The van der Waals surface area contributed by atoms with E-state index in [-0.39, 0.29) is 5.91 Å². The van der Waals surface area contributed by atoms with Crippen LogP contribution in [0.15, 0.2) is 52.9 Å². The number of rotatable bonds is 9. The van der Waals surface area contributed by atoms with E-state index in [9.17, 15) is 4.79 Å². The van der Waals surface area contributed by atoms with Gasteiger partial charge in [0.15, 0.2) is 0 Å². The van der Waals surface area contributed by atoms with Crippen LogP contribution in [0.2, 0.25) is 0 Å². The number of hydrazone groups is 1. The Labute approximate surface area is 162 Å². The van der Waals surface area contributed by atoms with Crippen molar-refractivity contribution in [3.8, 4) is 17.0 Å². The molecule has 2 heterocycles. The maximum absolute atomic E-state index is 12.1. The number of carbonyl (C=O) groups excluding carboxylic acids is 1. The van der Waals surface area contributed by atoms with E-state index in [0.717, 1.165) is 29.2 Å². The van der Waals surface area contributed by atoms with Crippen LogP contribution >= 0.6 is 11.3 Å². The monoisotopic (exact) mass is 382 g/mol. The molecule has 0 unspecified atom stereocenters. The molecule has 0 aliphatic rings. The highest BCUT2D eigenvalue weighted by molar-refractivity contribution is 7.11. The predicted molar refractivity (Wildman–Crippen MR) is 108 cm³/mol. The zero-order valence-corrected chi connectivity index (χ0v) is 16.0. The number of aromatic nitrogens is 2. The van der Waals surface area contributed by atoms with Crippen molar-refractivity contribution in [1.29, 1.82) is 0 Å². The Bertz CT molecular complexity index is 870. The number of thiophene rings is 1. The Morgan fingerprint density at radius 2 is 2.15 bits per heavy atom. The molecule has 0 saturated carbocycles. The summed E-state index contributed by atoms with van der Waals surface area (Å²) in [6.45, 7) is 2.90. The Morgan fingerprint density at radius 1 is 1.30 bits per heavy atom. The van der Waals surface area contributed by atoms with Gasteiger partial charge < -0.3 is 4.74 Å². The molecular weight excluding hydrogens is 360 g/mol. The lowest BCUT2D eigenvalue weighted by Gasteiger charge is -2.06. The summed E-state index contributed by atoms with van der Waals surface area (Å²) in [6, 6.07) is 13.3.